The van der Waals surface area contributed by atoms with Gasteiger partial charge in [-0.25, -0.2) is 0 Å². The van der Waals surface area contributed by atoms with Gasteiger partial charge in [0.25, 0.3) is 5.91 Å². The molecule has 5 nitrogen and oxygen atoms in total. The van der Waals surface area contributed by atoms with E-state index in [0.717, 1.165) is 25.2 Å². The highest BCUT2D eigenvalue weighted by Gasteiger charge is 2.14. The van der Waals surface area contributed by atoms with Crippen LogP contribution in [0.5, 0.6) is 0 Å². The van der Waals surface area contributed by atoms with Gasteiger partial charge in [0, 0.05) is 18.7 Å². The standard InChI is InChI=1S/C25H35N3O2/c1-6-28(7-2)18-20-10-8-19(9-11-20)16-26-23(29)17-27-24(30)21-12-14-22(15-13-21)25(3,4)5/h8-15H,6-7,16-18H2,1-5H3,(H,26,29)(H,27,30). The van der Waals surface area contributed by atoms with E-state index < -0.39 is 0 Å². The second-order valence-electron chi connectivity index (χ2n) is 8.56. The lowest BCUT2D eigenvalue weighted by Crippen LogP contribution is -2.36. The van der Waals surface area contributed by atoms with Crippen molar-refractivity contribution in [1.29, 1.82) is 0 Å². The largest absolute Gasteiger partial charge is 0.350 e. The summed E-state index contributed by atoms with van der Waals surface area (Å²) in [6.07, 6.45) is 0. The molecule has 2 aromatic carbocycles. The van der Waals surface area contributed by atoms with Crippen LogP contribution in [0.1, 0.15) is 61.7 Å². The van der Waals surface area contributed by atoms with E-state index in [2.05, 4.69) is 62.3 Å². The summed E-state index contributed by atoms with van der Waals surface area (Å²) in [5.41, 5.74) is 4.06. The summed E-state index contributed by atoms with van der Waals surface area (Å²) >= 11 is 0. The van der Waals surface area contributed by atoms with Crippen LogP contribution < -0.4 is 10.6 Å². The van der Waals surface area contributed by atoms with E-state index in [1.165, 1.54) is 11.1 Å². The molecule has 0 radical (unpaired) electrons. The van der Waals surface area contributed by atoms with Crippen LogP contribution in [-0.4, -0.2) is 36.3 Å². The Morgan fingerprint density at radius 2 is 1.40 bits per heavy atom. The first-order valence-electron chi connectivity index (χ1n) is 10.7. The van der Waals surface area contributed by atoms with Crippen LogP contribution in [0, 0.1) is 0 Å². The van der Waals surface area contributed by atoms with Crippen molar-refractivity contribution in [3.05, 3.63) is 70.8 Å². The molecule has 2 amide bonds. The van der Waals surface area contributed by atoms with Gasteiger partial charge in [0.15, 0.2) is 0 Å². The van der Waals surface area contributed by atoms with Crippen molar-refractivity contribution >= 4 is 11.8 Å². The van der Waals surface area contributed by atoms with E-state index in [4.69, 9.17) is 0 Å². The summed E-state index contributed by atoms with van der Waals surface area (Å²) < 4.78 is 0. The predicted octanol–water partition coefficient (Wildman–Crippen LogP) is 3.87. The van der Waals surface area contributed by atoms with Gasteiger partial charge in [0.1, 0.15) is 0 Å². The van der Waals surface area contributed by atoms with E-state index in [1.807, 2.05) is 24.3 Å². The quantitative estimate of drug-likeness (QED) is 0.661. The molecule has 30 heavy (non-hydrogen) atoms. The van der Waals surface area contributed by atoms with Gasteiger partial charge in [0.2, 0.25) is 5.91 Å². The molecule has 0 saturated carbocycles. The average molecular weight is 410 g/mol. The minimum atomic E-state index is -0.244. The fourth-order valence-electron chi connectivity index (χ4n) is 3.12. The Morgan fingerprint density at radius 1 is 0.833 bits per heavy atom. The molecule has 0 aliphatic carbocycles. The third-order valence-corrected chi connectivity index (χ3v) is 5.24. The number of amides is 2. The first-order chi connectivity index (χ1) is 14.2. The molecule has 2 rings (SSSR count). The van der Waals surface area contributed by atoms with Crippen molar-refractivity contribution < 1.29 is 9.59 Å². The molecule has 5 heteroatoms. The normalized spacial score (nSPS) is 11.4. The van der Waals surface area contributed by atoms with Gasteiger partial charge in [-0.15, -0.1) is 0 Å². The summed E-state index contributed by atoms with van der Waals surface area (Å²) in [5, 5.41) is 5.53. The lowest BCUT2D eigenvalue weighted by Gasteiger charge is -2.19. The van der Waals surface area contributed by atoms with Gasteiger partial charge in [-0.3, -0.25) is 14.5 Å². The van der Waals surface area contributed by atoms with Crippen LogP contribution in [0.4, 0.5) is 0 Å². The average Bonchev–Trinajstić information content (AvgIpc) is 2.74. The fourth-order valence-corrected chi connectivity index (χ4v) is 3.12. The highest BCUT2D eigenvalue weighted by atomic mass is 16.2. The molecule has 0 fully saturated rings. The molecule has 2 aromatic rings. The van der Waals surface area contributed by atoms with E-state index in [9.17, 15) is 9.59 Å². The third kappa shape index (κ3) is 7.30. The topological polar surface area (TPSA) is 61.4 Å². The van der Waals surface area contributed by atoms with Crippen LogP contribution >= 0.6 is 0 Å². The number of nitrogens with zero attached hydrogens (tertiary/aromatic N) is 1. The molecule has 0 saturated heterocycles. The Bertz CT molecular complexity index is 817. The molecule has 0 atom stereocenters. The van der Waals surface area contributed by atoms with Crippen LogP contribution in [0.25, 0.3) is 0 Å². The molecule has 0 spiro atoms. The maximum absolute atomic E-state index is 12.3. The number of hydrogen-bond acceptors (Lipinski definition) is 3. The van der Waals surface area contributed by atoms with Crippen molar-refractivity contribution in [3.63, 3.8) is 0 Å². The molecular weight excluding hydrogens is 374 g/mol. The van der Waals surface area contributed by atoms with Crippen molar-refractivity contribution in [1.82, 2.24) is 15.5 Å². The van der Waals surface area contributed by atoms with Gasteiger partial charge < -0.3 is 10.6 Å². The highest BCUT2D eigenvalue weighted by Crippen LogP contribution is 2.22. The SMILES string of the molecule is CCN(CC)Cc1ccc(CNC(=O)CNC(=O)c2ccc(C(C)(C)C)cc2)cc1. The lowest BCUT2D eigenvalue weighted by atomic mass is 9.87. The van der Waals surface area contributed by atoms with Crippen molar-refractivity contribution in [2.45, 2.75) is 53.1 Å². The van der Waals surface area contributed by atoms with Gasteiger partial charge in [-0.2, -0.15) is 0 Å². The van der Waals surface area contributed by atoms with Crippen LogP contribution in [-0.2, 0) is 23.3 Å². The van der Waals surface area contributed by atoms with Crippen LogP contribution in [0.3, 0.4) is 0 Å². The predicted molar refractivity (Wildman–Crippen MR) is 122 cm³/mol. The van der Waals surface area contributed by atoms with Crippen molar-refractivity contribution in [3.8, 4) is 0 Å². The maximum Gasteiger partial charge on any atom is 0.251 e. The zero-order valence-corrected chi connectivity index (χ0v) is 18.9. The Kier molecular flexibility index (Phi) is 8.60. The molecule has 0 aliphatic heterocycles. The molecule has 162 valence electrons. The van der Waals surface area contributed by atoms with E-state index >= 15 is 0 Å². The summed E-state index contributed by atoms with van der Waals surface area (Å²) in [7, 11) is 0. The van der Waals surface area contributed by atoms with Gasteiger partial charge >= 0.3 is 0 Å². The molecule has 0 aromatic heterocycles. The van der Waals surface area contributed by atoms with E-state index in [1.54, 1.807) is 12.1 Å². The molecular formula is C25H35N3O2. The van der Waals surface area contributed by atoms with E-state index in [0.29, 0.717) is 12.1 Å². The number of carbonyl (C=O) groups is 2. The second-order valence-corrected chi connectivity index (χ2v) is 8.56. The maximum atomic E-state index is 12.3. The van der Waals surface area contributed by atoms with Crippen molar-refractivity contribution in [2.24, 2.45) is 0 Å². The second kappa shape index (κ2) is 10.9. The van der Waals surface area contributed by atoms with Gasteiger partial charge in [0.05, 0.1) is 6.54 Å². The number of carbonyl (C=O) groups excluding carboxylic acids is 2. The number of benzene rings is 2. The third-order valence-electron chi connectivity index (χ3n) is 5.24. The molecule has 0 aliphatic rings. The summed E-state index contributed by atoms with van der Waals surface area (Å²) in [5.74, 6) is -0.451. The summed E-state index contributed by atoms with van der Waals surface area (Å²) in [6.45, 7) is 14.1. The zero-order chi connectivity index (χ0) is 22.1. The molecule has 2 N–H and O–H groups in total. The summed E-state index contributed by atoms with van der Waals surface area (Å²) in [4.78, 5) is 26.7. The monoisotopic (exact) mass is 409 g/mol. The van der Waals surface area contributed by atoms with Gasteiger partial charge in [-0.05, 0) is 47.3 Å². The number of nitrogens with one attached hydrogen (secondary N) is 2. The van der Waals surface area contributed by atoms with Crippen molar-refractivity contribution in [2.75, 3.05) is 19.6 Å². The molecule has 0 heterocycles. The van der Waals surface area contributed by atoms with Crippen LogP contribution in [0.15, 0.2) is 48.5 Å². The zero-order valence-electron chi connectivity index (χ0n) is 18.9. The fraction of sp³-hybridized carbons (Fsp3) is 0.440. The first kappa shape index (κ1) is 23.6. The van der Waals surface area contributed by atoms with E-state index in [-0.39, 0.29) is 23.8 Å². The molecule has 0 unspecified atom stereocenters. The Hall–Kier alpha value is -2.66. The Labute approximate surface area is 180 Å². The molecule has 0 bridgehead atoms. The minimum Gasteiger partial charge on any atom is -0.350 e. The smallest absolute Gasteiger partial charge is 0.251 e. The van der Waals surface area contributed by atoms with Gasteiger partial charge in [-0.1, -0.05) is 71.0 Å². The van der Waals surface area contributed by atoms with Crippen LogP contribution in [0.2, 0.25) is 0 Å². The summed E-state index contributed by atoms with van der Waals surface area (Å²) in [6, 6.07) is 15.8. The first-order valence-corrected chi connectivity index (χ1v) is 10.7. The highest BCUT2D eigenvalue weighted by molar-refractivity contribution is 5.96. The Balaban J connectivity index is 1.77. The Morgan fingerprint density at radius 3 is 1.93 bits per heavy atom. The number of hydrogen-bond donors (Lipinski definition) is 2. The minimum absolute atomic E-state index is 0.0402. The lowest BCUT2D eigenvalue weighted by molar-refractivity contribution is -0.120. The number of rotatable bonds is 9.